The zero-order valence-corrected chi connectivity index (χ0v) is 12.2. The van der Waals surface area contributed by atoms with Crippen LogP contribution in [0.1, 0.15) is 26.5 Å². The molecule has 0 saturated heterocycles. The average Bonchev–Trinajstić information content (AvgIpc) is 2.92. The number of aliphatic carboxylic acids is 1. The van der Waals surface area contributed by atoms with Crippen LogP contribution < -0.4 is 5.32 Å². The predicted molar refractivity (Wildman–Crippen MR) is 81.1 cm³/mol. The largest absolute Gasteiger partial charge is 0.478 e. The van der Waals surface area contributed by atoms with E-state index in [4.69, 9.17) is 5.11 Å². The quantitative estimate of drug-likeness (QED) is 0.832. The summed E-state index contributed by atoms with van der Waals surface area (Å²) in [5, 5.41) is 13.2. The monoisotopic (exact) mass is 302 g/mol. The van der Waals surface area contributed by atoms with Gasteiger partial charge in [-0.3, -0.25) is 9.78 Å². The van der Waals surface area contributed by atoms with Crippen molar-refractivity contribution in [2.75, 3.05) is 0 Å². The molecule has 6 heteroatoms. The van der Waals surface area contributed by atoms with Gasteiger partial charge in [0.05, 0.1) is 17.1 Å². The number of hydrogen-bond donors (Lipinski definition) is 2. The van der Waals surface area contributed by atoms with Crippen LogP contribution in [0.2, 0.25) is 0 Å². The molecule has 0 atom stereocenters. The second kappa shape index (κ2) is 6.81. The van der Waals surface area contributed by atoms with Crippen molar-refractivity contribution < 1.29 is 14.7 Å². The third-order valence-electron chi connectivity index (χ3n) is 2.84. The number of carbonyl (C=O) groups excluding carboxylic acids is 1. The lowest BCUT2D eigenvalue weighted by Crippen LogP contribution is -2.23. The molecule has 108 valence electrons. The number of thiophene rings is 1. The van der Waals surface area contributed by atoms with Crippen molar-refractivity contribution in [3.05, 3.63) is 57.6 Å². The lowest BCUT2D eigenvalue weighted by molar-refractivity contribution is -0.131. The van der Waals surface area contributed by atoms with Gasteiger partial charge in [0, 0.05) is 12.3 Å². The highest BCUT2D eigenvalue weighted by atomic mass is 32.1. The summed E-state index contributed by atoms with van der Waals surface area (Å²) in [5.41, 5.74) is 2.41. The van der Waals surface area contributed by atoms with E-state index in [2.05, 4.69) is 10.3 Å². The van der Waals surface area contributed by atoms with Gasteiger partial charge < -0.3 is 10.4 Å². The van der Waals surface area contributed by atoms with Gasteiger partial charge in [-0.2, -0.15) is 0 Å². The Hall–Kier alpha value is -2.47. The molecule has 5 nitrogen and oxygen atoms in total. The number of hydrogen-bond acceptors (Lipinski definition) is 4. The van der Waals surface area contributed by atoms with Gasteiger partial charge in [-0.25, -0.2) is 4.79 Å². The maximum Gasteiger partial charge on any atom is 0.328 e. The first-order valence-electron chi connectivity index (χ1n) is 6.25. The Morgan fingerprint density at radius 3 is 2.95 bits per heavy atom. The fourth-order valence-electron chi connectivity index (χ4n) is 1.74. The number of carboxylic acids is 1. The summed E-state index contributed by atoms with van der Waals surface area (Å²) in [5.74, 6) is -1.28. The Balaban J connectivity index is 2.06. The van der Waals surface area contributed by atoms with Crippen LogP contribution in [-0.2, 0) is 11.3 Å². The normalized spacial score (nSPS) is 10.7. The first-order chi connectivity index (χ1) is 10.1. The second-order valence-corrected chi connectivity index (χ2v) is 5.24. The van der Waals surface area contributed by atoms with E-state index in [1.807, 2.05) is 19.1 Å². The molecule has 2 rings (SSSR count). The highest BCUT2D eigenvalue weighted by molar-refractivity contribution is 7.12. The summed E-state index contributed by atoms with van der Waals surface area (Å²) >= 11 is 1.27. The summed E-state index contributed by atoms with van der Waals surface area (Å²) in [6.07, 6.45) is 4.11. The van der Waals surface area contributed by atoms with E-state index in [-0.39, 0.29) is 5.91 Å². The van der Waals surface area contributed by atoms with E-state index in [0.29, 0.717) is 17.0 Å². The summed E-state index contributed by atoms with van der Waals surface area (Å²) < 4.78 is 0. The zero-order valence-electron chi connectivity index (χ0n) is 11.4. The molecular weight excluding hydrogens is 288 g/mol. The number of aromatic nitrogens is 1. The van der Waals surface area contributed by atoms with E-state index < -0.39 is 5.97 Å². The van der Waals surface area contributed by atoms with Crippen LogP contribution >= 0.6 is 11.3 Å². The van der Waals surface area contributed by atoms with Gasteiger partial charge in [0.25, 0.3) is 5.91 Å². The van der Waals surface area contributed by atoms with Gasteiger partial charge in [0.1, 0.15) is 0 Å². The Bertz CT molecular complexity index is 692. The second-order valence-electron chi connectivity index (χ2n) is 4.33. The van der Waals surface area contributed by atoms with Crippen LogP contribution in [0.15, 0.2) is 35.9 Å². The van der Waals surface area contributed by atoms with Crippen molar-refractivity contribution in [1.29, 1.82) is 0 Å². The fourth-order valence-corrected chi connectivity index (χ4v) is 2.55. The molecule has 0 aliphatic carbocycles. The molecule has 2 aromatic heterocycles. The molecule has 0 aromatic carbocycles. The standard InChI is InChI=1S/C15H14N2O3S/c1-10-3-2-7-16-12(10)9-17-15(20)14-11(6-8-21-14)4-5-13(18)19/h2-8H,9H2,1H3,(H,17,20)(H,18,19). The molecule has 2 aromatic rings. The molecule has 0 saturated carbocycles. The van der Waals surface area contributed by atoms with Crippen LogP contribution in [0.3, 0.4) is 0 Å². The minimum atomic E-state index is -1.04. The number of nitrogens with one attached hydrogen (secondary N) is 1. The molecule has 0 aliphatic rings. The number of carbonyl (C=O) groups is 2. The third kappa shape index (κ3) is 4.00. The van der Waals surface area contributed by atoms with Crippen molar-refractivity contribution in [2.45, 2.75) is 13.5 Å². The predicted octanol–water partition coefficient (Wildman–Crippen LogP) is 2.48. The molecule has 0 fully saturated rings. The van der Waals surface area contributed by atoms with Crippen LogP contribution in [0.25, 0.3) is 6.08 Å². The smallest absolute Gasteiger partial charge is 0.328 e. The molecule has 1 amide bonds. The van der Waals surface area contributed by atoms with Gasteiger partial charge in [0.15, 0.2) is 0 Å². The average molecular weight is 302 g/mol. The van der Waals surface area contributed by atoms with E-state index in [0.717, 1.165) is 17.3 Å². The Morgan fingerprint density at radius 2 is 2.24 bits per heavy atom. The third-order valence-corrected chi connectivity index (χ3v) is 3.77. The Morgan fingerprint density at radius 1 is 1.43 bits per heavy atom. The van der Waals surface area contributed by atoms with Crippen LogP contribution in [0.5, 0.6) is 0 Å². The molecule has 2 N–H and O–H groups in total. The lowest BCUT2D eigenvalue weighted by Gasteiger charge is -2.06. The number of aryl methyl sites for hydroxylation is 1. The van der Waals surface area contributed by atoms with Crippen LogP contribution in [-0.4, -0.2) is 22.0 Å². The van der Waals surface area contributed by atoms with E-state index in [9.17, 15) is 9.59 Å². The van der Waals surface area contributed by atoms with Crippen molar-refractivity contribution >= 4 is 29.3 Å². The van der Waals surface area contributed by atoms with E-state index in [1.165, 1.54) is 17.4 Å². The number of nitrogens with zero attached hydrogens (tertiary/aromatic N) is 1. The van der Waals surface area contributed by atoms with Crippen molar-refractivity contribution in [3.8, 4) is 0 Å². The Kier molecular flexibility index (Phi) is 4.84. The maximum absolute atomic E-state index is 12.1. The van der Waals surface area contributed by atoms with Gasteiger partial charge in [-0.05, 0) is 41.6 Å². The lowest BCUT2D eigenvalue weighted by atomic mass is 10.2. The summed E-state index contributed by atoms with van der Waals surface area (Å²) in [7, 11) is 0. The van der Waals surface area contributed by atoms with E-state index >= 15 is 0 Å². The Labute approximate surface area is 126 Å². The zero-order chi connectivity index (χ0) is 15.2. The topological polar surface area (TPSA) is 79.3 Å². The summed E-state index contributed by atoms with van der Waals surface area (Å²) in [6.45, 7) is 2.27. The first-order valence-corrected chi connectivity index (χ1v) is 7.13. The molecule has 21 heavy (non-hydrogen) atoms. The van der Waals surface area contributed by atoms with Crippen molar-refractivity contribution in [2.24, 2.45) is 0 Å². The van der Waals surface area contributed by atoms with Gasteiger partial charge in [0.2, 0.25) is 0 Å². The number of pyridine rings is 1. The molecule has 2 heterocycles. The first kappa shape index (κ1) is 14.9. The van der Waals surface area contributed by atoms with Gasteiger partial charge in [-0.1, -0.05) is 6.07 Å². The van der Waals surface area contributed by atoms with Crippen LogP contribution in [0.4, 0.5) is 0 Å². The molecule has 0 bridgehead atoms. The molecular formula is C15H14N2O3S. The number of carboxylic acid groups (broad SMARTS) is 1. The summed E-state index contributed by atoms with van der Waals surface area (Å²) in [6, 6.07) is 5.49. The molecule has 0 spiro atoms. The molecule has 0 aliphatic heterocycles. The fraction of sp³-hybridized carbons (Fsp3) is 0.133. The molecule has 0 unspecified atom stereocenters. The highest BCUT2D eigenvalue weighted by Gasteiger charge is 2.12. The van der Waals surface area contributed by atoms with Gasteiger partial charge >= 0.3 is 5.97 Å². The molecule has 0 radical (unpaired) electrons. The SMILES string of the molecule is Cc1cccnc1CNC(=O)c1sccc1C=CC(=O)O. The minimum Gasteiger partial charge on any atom is -0.478 e. The van der Waals surface area contributed by atoms with E-state index in [1.54, 1.807) is 17.6 Å². The van der Waals surface area contributed by atoms with Crippen molar-refractivity contribution in [3.63, 3.8) is 0 Å². The number of amides is 1. The van der Waals surface area contributed by atoms with Crippen LogP contribution in [0, 0.1) is 6.92 Å². The summed E-state index contributed by atoms with van der Waals surface area (Å²) in [4.78, 5) is 27.4. The number of rotatable bonds is 5. The maximum atomic E-state index is 12.1. The van der Waals surface area contributed by atoms with Crippen molar-refractivity contribution in [1.82, 2.24) is 10.3 Å². The highest BCUT2D eigenvalue weighted by Crippen LogP contribution is 2.18. The minimum absolute atomic E-state index is 0.236. The van der Waals surface area contributed by atoms with Gasteiger partial charge in [-0.15, -0.1) is 11.3 Å².